The molecule has 4 atom stereocenters. The van der Waals surface area contributed by atoms with Gasteiger partial charge in [-0.3, -0.25) is 14.5 Å². The molecule has 6 heteroatoms. The van der Waals surface area contributed by atoms with Gasteiger partial charge in [0, 0.05) is 38.8 Å². The van der Waals surface area contributed by atoms with E-state index in [-0.39, 0.29) is 23.8 Å². The van der Waals surface area contributed by atoms with Gasteiger partial charge in [-0.2, -0.15) is 0 Å². The minimum Gasteiger partial charge on any atom is -0.352 e. The summed E-state index contributed by atoms with van der Waals surface area (Å²) in [6.45, 7) is 7.39. The molecule has 0 radical (unpaired) electrons. The predicted octanol–water partition coefficient (Wildman–Crippen LogP) is -0.194. The number of hydrogen-bond donors (Lipinski definition) is 2. The molecular formula is C17H28N4O2. The zero-order valence-corrected chi connectivity index (χ0v) is 13.7. The van der Waals surface area contributed by atoms with E-state index >= 15 is 0 Å². The average molecular weight is 320 g/mol. The van der Waals surface area contributed by atoms with Crippen molar-refractivity contribution >= 4 is 11.8 Å². The molecule has 0 spiro atoms. The zero-order chi connectivity index (χ0) is 16.4. The van der Waals surface area contributed by atoms with Gasteiger partial charge in [-0.05, 0) is 31.1 Å². The van der Waals surface area contributed by atoms with Crippen LogP contribution in [-0.4, -0.2) is 66.9 Å². The molecule has 1 saturated heterocycles. The Morgan fingerprint density at radius 1 is 1.17 bits per heavy atom. The van der Waals surface area contributed by atoms with Gasteiger partial charge < -0.3 is 16.0 Å². The van der Waals surface area contributed by atoms with E-state index in [4.69, 9.17) is 5.73 Å². The van der Waals surface area contributed by atoms with E-state index in [1.165, 1.54) is 6.42 Å². The lowest BCUT2D eigenvalue weighted by molar-refractivity contribution is -0.139. The Kier molecular flexibility index (Phi) is 5.02. The van der Waals surface area contributed by atoms with Gasteiger partial charge in [-0.25, -0.2) is 0 Å². The SMILES string of the molecule is C=CCNC(=O)CN1CCN(C(=O)C2C3CCC(C3)C2N)CC1. The lowest BCUT2D eigenvalue weighted by atomic mass is 9.84. The predicted molar refractivity (Wildman–Crippen MR) is 88.5 cm³/mol. The van der Waals surface area contributed by atoms with Crippen molar-refractivity contribution in [1.82, 2.24) is 15.1 Å². The van der Waals surface area contributed by atoms with Crippen molar-refractivity contribution in [2.24, 2.45) is 23.5 Å². The van der Waals surface area contributed by atoms with E-state index in [1.807, 2.05) is 4.90 Å². The molecule has 0 aromatic heterocycles. The maximum absolute atomic E-state index is 12.8. The van der Waals surface area contributed by atoms with Crippen LogP contribution in [0.5, 0.6) is 0 Å². The van der Waals surface area contributed by atoms with Gasteiger partial charge in [0.1, 0.15) is 0 Å². The second kappa shape index (κ2) is 7.01. The standard InChI is InChI=1S/C17H28N4O2/c1-2-5-19-14(22)11-20-6-8-21(9-7-20)17(23)15-12-3-4-13(10-12)16(15)18/h2,12-13,15-16H,1,3-11,18H2,(H,19,22). The Balaban J connectivity index is 1.46. The highest BCUT2D eigenvalue weighted by Gasteiger charge is 2.50. The molecule has 3 N–H and O–H groups in total. The summed E-state index contributed by atoms with van der Waals surface area (Å²) in [7, 11) is 0. The van der Waals surface area contributed by atoms with Crippen molar-refractivity contribution in [3.63, 3.8) is 0 Å². The molecule has 2 amide bonds. The molecule has 0 aromatic carbocycles. The highest BCUT2D eigenvalue weighted by Crippen LogP contribution is 2.48. The molecule has 3 fully saturated rings. The van der Waals surface area contributed by atoms with E-state index < -0.39 is 0 Å². The molecule has 0 aromatic rings. The first-order valence-electron chi connectivity index (χ1n) is 8.74. The molecule has 3 aliphatic rings. The lowest BCUT2D eigenvalue weighted by Crippen LogP contribution is -2.55. The highest BCUT2D eigenvalue weighted by atomic mass is 16.2. The summed E-state index contributed by atoms with van der Waals surface area (Å²) >= 11 is 0. The first-order valence-corrected chi connectivity index (χ1v) is 8.74. The normalized spacial score (nSPS) is 33.7. The highest BCUT2D eigenvalue weighted by molar-refractivity contribution is 5.81. The van der Waals surface area contributed by atoms with Gasteiger partial charge in [0.05, 0.1) is 12.5 Å². The molecule has 23 heavy (non-hydrogen) atoms. The Labute approximate surface area is 138 Å². The second-order valence-electron chi connectivity index (χ2n) is 7.13. The average Bonchev–Trinajstić information content (AvgIpc) is 3.14. The minimum absolute atomic E-state index is 0.0137. The Bertz CT molecular complexity index is 471. The van der Waals surface area contributed by atoms with E-state index in [9.17, 15) is 9.59 Å². The maximum atomic E-state index is 12.8. The van der Waals surface area contributed by atoms with Crippen LogP contribution < -0.4 is 11.1 Å². The van der Waals surface area contributed by atoms with Crippen molar-refractivity contribution < 1.29 is 9.59 Å². The van der Waals surface area contributed by atoms with Gasteiger partial charge >= 0.3 is 0 Å². The fourth-order valence-electron chi connectivity index (χ4n) is 4.48. The van der Waals surface area contributed by atoms with Crippen molar-refractivity contribution in [3.05, 3.63) is 12.7 Å². The van der Waals surface area contributed by atoms with Gasteiger partial charge in [-0.1, -0.05) is 6.08 Å². The number of nitrogens with zero attached hydrogens (tertiary/aromatic N) is 2. The summed E-state index contributed by atoms with van der Waals surface area (Å²) in [6.07, 6.45) is 5.18. The minimum atomic E-state index is 0.0137. The van der Waals surface area contributed by atoms with Crippen LogP contribution >= 0.6 is 0 Å². The molecule has 1 aliphatic heterocycles. The van der Waals surface area contributed by atoms with E-state index in [1.54, 1.807) is 6.08 Å². The smallest absolute Gasteiger partial charge is 0.234 e. The topological polar surface area (TPSA) is 78.7 Å². The van der Waals surface area contributed by atoms with Crippen LogP contribution in [0.3, 0.4) is 0 Å². The Morgan fingerprint density at radius 2 is 1.87 bits per heavy atom. The van der Waals surface area contributed by atoms with Crippen molar-refractivity contribution in [2.75, 3.05) is 39.3 Å². The van der Waals surface area contributed by atoms with Crippen LogP contribution in [0, 0.1) is 17.8 Å². The van der Waals surface area contributed by atoms with Crippen molar-refractivity contribution in [1.29, 1.82) is 0 Å². The van der Waals surface area contributed by atoms with Crippen LogP contribution in [0.4, 0.5) is 0 Å². The number of carbonyl (C=O) groups excluding carboxylic acids is 2. The number of fused-ring (bicyclic) bond motifs is 2. The lowest BCUT2D eigenvalue weighted by Gasteiger charge is -2.38. The van der Waals surface area contributed by atoms with Gasteiger partial charge in [0.15, 0.2) is 0 Å². The Hall–Kier alpha value is -1.40. The summed E-state index contributed by atoms with van der Waals surface area (Å²) in [4.78, 5) is 28.6. The molecular weight excluding hydrogens is 292 g/mol. The maximum Gasteiger partial charge on any atom is 0.234 e. The Morgan fingerprint density at radius 3 is 2.48 bits per heavy atom. The fraction of sp³-hybridized carbons (Fsp3) is 0.765. The third-order valence-electron chi connectivity index (χ3n) is 5.76. The van der Waals surface area contributed by atoms with Crippen LogP contribution in [0.2, 0.25) is 0 Å². The van der Waals surface area contributed by atoms with Crippen molar-refractivity contribution in [3.8, 4) is 0 Å². The van der Waals surface area contributed by atoms with E-state index in [2.05, 4.69) is 16.8 Å². The molecule has 2 saturated carbocycles. The number of hydrogen-bond acceptors (Lipinski definition) is 4. The molecule has 6 nitrogen and oxygen atoms in total. The summed E-state index contributed by atoms with van der Waals surface area (Å²) in [5.41, 5.74) is 6.29. The molecule has 3 rings (SSSR count). The van der Waals surface area contributed by atoms with Gasteiger partial charge in [0.2, 0.25) is 11.8 Å². The second-order valence-corrected chi connectivity index (χ2v) is 7.13. The van der Waals surface area contributed by atoms with E-state index in [0.717, 1.165) is 25.9 Å². The number of nitrogens with two attached hydrogens (primary N) is 1. The number of rotatable bonds is 5. The zero-order valence-electron chi connectivity index (χ0n) is 13.7. The van der Waals surface area contributed by atoms with Gasteiger partial charge in [0.25, 0.3) is 0 Å². The van der Waals surface area contributed by atoms with Crippen LogP contribution in [0.15, 0.2) is 12.7 Å². The number of nitrogens with one attached hydrogen (secondary N) is 1. The third-order valence-corrected chi connectivity index (χ3v) is 5.76. The van der Waals surface area contributed by atoms with Crippen molar-refractivity contribution in [2.45, 2.75) is 25.3 Å². The number of carbonyl (C=O) groups is 2. The number of piperazine rings is 1. The van der Waals surface area contributed by atoms with Crippen LogP contribution in [-0.2, 0) is 9.59 Å². The first-order chi connectivity index (χ1) is 11.1. The summed E-state index contributed by atoms with van der Waals surface area (Å²) < 4.78 is 0. The molecule has 2 bridgehead atoms. The van der Waals surface area contributed by atoms with Crippen LogP contribution in [0.1, 0.15) is 19.3 Å². The largest absolute Gasteiger partial charge is 0.352 e. The summed E-state index contributed by atoms with van der Waals surface area (Å²) in [5.74, 6) is 1.37. The summed E-state index contributed by atoms with van der Waals surface area (Å²) in [6, 6.07) is 0.0592. The molecule has 4 unspecified atom stereocenters. The fourth-order valence-corrected chi connectivity index (χ4v) is 4.48. The molecule has 128 valence electrons. The summed E-state index contributed by atoms with van der Waals surface area (Å²) in [5, 5.41) is 2.79. The first kappa shape index (κ1) is 16.5. The molecule has 1 heterocycles. The monoisotopic (exact) mass is 320 g/mol. The third kappa shape index (κ3) is 3.43. The molecule has 2 aliphatic carbocycles. The number of amides is 2. The van der Waals surface area contributed by atoms with Crippen LogP contribution in [0.25, 0.3) is 0 Å². The van der Waals surface area contributed by atoms with Gasteiger partial charge in [-0.15, -0.1) is 6.58 Å². The quantitative estimate of drug-likeness (QED) is 0.688. The van der Waals surface area contributed by atoms with E-state index in [0.29, 0.717) is 38.0 Å².